The third kappa shape index (κ3) is 2.31. The summed E-state index contributed by atoms with van der Waals surface area (Å²) in [5.74, 6) is -0.189. The van der Waals surface area contributed by atoms with Crippen molar-refractivity contribution in [1.29, 1.82) is 0 Å². The summed E-state index contributed by atoms with van der Waals surface area (Å²) in [6, 6.07) is 0. The minimum absolute atomic E-state index is 0. The number of thiazole rings is 1. The van der Waals surface area contributed by atoms with Gasteiger partial charge in [-0.3, -0.25) is 19.1 Å². The van der Waals surface area contributed by atoms with Crippen molar-refractivity contribution < 1.29 is 25.5 Å². The average Bonchev–Trinajstić information content (AvgIpc) is 2.89. The number of nitrogens with one attached hydrogen (secondary N) is 1. The van der Waals surface area contributed by atoms with Crippen LogP contribution in [0.5, 0.6) is 0 Å². The quantitative estimate of drug-likeness (QED) is 0.373. The van der Waals surface area contributed by atoms with Gasteiger partial charge in [-0.05, 0) is 0 Å². The lowest BCUT2D eigenvalue weighted by Crippen LogP contribution is -2.34. The zero-order valence-corrected chi connectivity index (χ0v) is 11.8. The number of fused-ring (bicyclic) bond motifs is 1. The number of nitrogen functional groups attached to an aromatic ring is 1. The van der Waals surface area contributed by atoms with Crippen molar-refractivity contribution in [2.75, 3.05) is 12.3 Å². The molecule has 1 aliphatic heterocycles. The first-order valence-electron chi connectivity index (χ1n) is 5.97. The molecule has 122 valence electrons. The molecular weight excluding hydrogens is 320 g/mol. The highest BCUT2D eigenvalue weighted by Crippen LogP contribution is 2.30. The molecule has 1 aliphatic rings. The van der Waals surface area contributed by atoms with Crippen molar-refractivity contribution in [2.24, 2.45) is 0 Å². The molecule has 0 aromatic carbocycles. The van der Waals surface area contributed by atoms with E-state index < -0.39 is 41.6 Å². The lowest BCUT2D eigenvalue weighted by atomic mass is 10.1. The van der Waals surface area contributed by atoms with Crippen LogP contribution in [0, 0.1) is 0 Å². The highest BCUT2D eigenvalue weighted by Gasteiger charge is 2.44. The number of anilines is 1. The van der Waals surface area contributed by atoms with Crippen molar-refractivity contribution in [1.82, 2.24) is 14.5 Å². The molecule has 11 nitrogen and oxygen atoms in total. The van der Waals surface area contributed by atoms with E-state index in [1.54, 1.807) is 0 Å². The third-order valence-electron chi connectivity index (χ3n) is 3.26. The van der Waals surface area contributed by atoms with Gasteiger partial charge in [0.25, 0.3) is 5.56 Å². The van der Waals surface area contributed by atoms with Crippen LogP contribution in [-0.2, 0) is 4.74 Å². The van der Waals surface area contributed by atoms with Gasteiger partial charge in [-0.1, -0.05) is 11.3 Å². The molecule has 22 heavy (non-hydrogen) atoms. The van der Waals surface area contributed by atoms with Crippen LogP contribution in [0.15, 0.2) is 9.59 Å². The minimum Gasteiger partial charge on any atom is -0.412 e. The van der Waals surface area contributed by atoms with Crippen molar-refractivity contribution in [3.8, 4) is 0 Å². The number of hydrogen-bond acceptors (Lipinski definition) is 9. The number of H-pyrrole nitrogens is 1. The summed E-state index contributed by atoms with van der Waals surface area (Å²) in [7, 11) is 0. The molecule has 0 spiro atoms. The van der Waals surface area contributed by atoms with Crippen LogP contribution < -0.4 is 16.2 Å². The molecule has 3 rings (SSSR count). The molecule has 3 heterocycles. The molecule has 1 saturated heterocycles. The van der Waals surface area contributed by atoms with Crippen molar-refractivity contribution in [3.05, 3.63) is 20.0 Å². The van der Waals surface area contributed by atoms with E-state index in [1.807, 2.05) is 0 Å². The molecule has 0 amide bonds. The van der Waals surface area contributed by atoms with Crippen molar-refractivity contribution >= 4 is 27.6 Å². The van der Waals surface area contributed by atoms with Gasteiger partial charge in [0.05, 0.1) is 6.61 Å². The third-order valence-corrected chi connectivity index (χ3v) is 4.21. The lowest BCUT2D eigenvalue weighted by molar-refractivity contribution is -0.0518. The number of aliphatic hydroxyl groups excluding tert-OH is 3. The maximum Gasteiger partial charge on any atom is 0.311 e. The van der Waals surface area contributed by atoms with E-state index in [-0.39, 0.29) is 21.8 Å². The predicted molar refractivity (Wildman–Crippen MR) is 75.5 cm³/mol. The highest BCUT2D eigenvalue weighted by molar-refractivity contribution is 7.16. The molecule has 0 saturated carbocycles. The van der Waals surface area contributed by atoms with Crippen LogP contribution in [-0.4, -0.2) is 60.2 Å². The fraction of sp³-hybridized carbons (Fsp3) is 0.500. The van der Waals surface area contributed by atoms with Crippen LogP contribution >= 0.6 is 11.3 Å². The van der Waals surface area contributed by atoms with Gasteiger partial charge in [0, 0.05) is 0 Å². The van der Waals surface area contributed by atoms with E-state index in [4.69, 9.17) is 15.6 Å². The largest absolute Gasteiger partial charge is 0.412 e. The van der Waals surface area contributed by atoms with Gasteiger partial charge in [0.1, 0.15) is 23.0 Å². The van der Waals surface area contributed by atoms with Crippen LogP contribution in [0.1, 0.15) is 6.23 Å². The zero-order chi connectivity index (χ0) is 15.3. The summed E-state index contributed by atoms with van der Waals surface area (Å²) >= 11 is 0.623. The van der Waals surface area contributed by atoms with E-state index in [1.165, 1.54) is 0 Å². The van der Waals surface area contributed by atoms with Crippen LogP contribution in [0.3, 0.4) is 0 Å². The van der Waals surface area contributed by atoms with Crippen LogP contribution in [0.25, 0.3) is 10.3 Å². The number of ether oxygens (including phenoxy) is 1. The van der Waals surface area contributed by atoms with E-state index in [9.17, 15) is 19.8 Å². The van der Waals surface area contributed by atoms with E-state index in [2.05, 4.69) is 9.97 Å². The SMILES string of the molecule is Nc1nc2c(sc(=O)n2[C@@H]2O[C@H](CO)[C@@H](O)[C@H]2O)c(=O)[nH]1.O. The monoisotopic (exact) mass is 334 g/mol. The van der Waals surface area contributed by atoms with Crippen LogP contribution in [0.2, 0.25) is 0 Å². The number of nitrogens with zero attached hydrogens (tertiary/aromatic N) is 2. The van der Waals surface area contributed by atoms with Crippen molar-refractivity contribution in [2.45, 2.75) is 24.5 Å². The second-order valence-electron chi connectivity index (χ2n) is 4.57. The molecule has 1 fully saturated rings. The van der Waals surface area contributed by atoms with Gasteiger partial charge in [0.2, 0.25) is 5.95 Å². The first-order chi connectivity index (χ1) is 9.93. The minimum atomic E-state index is -1.44. The lowest BCUT2D eigenvalue weighted by Gasteiger charge is -2.15. The Morgan fingerprint density at radius 1 is 1.36 bits per heavy atom. The molecule has 0 unspecified atom stereocenters. The first-order valence-corrected chi connectivity index (χ1v) is 6.79. The van der Waals surface area contributed by atoms with Gasteiger partial charge in [-0.2, -0.15) is 4.98 Å². The van der Waals surface area contributed by atoms with Gasteiger partial charge in [-0.15, -0.1) is 0 Å². The Labute approximate surface area is 125 Å². The highest BCUT2D eigenvalue weighted by atomic mass is 32.1. The Morgan fingerprint density at radius 3 is 2.64 bits per heavy atom. The normalized spacial score (nSPS) is 28.0. The maximum absolute atomic E-state index is 12.0. The number of nitrogens with two attached hydrogens (primary N) is 1. The number of aromatic nitrogens is 3. The number of hydrogen-bond donors (Lipinski definition) is 5. The fourth-order valence-electron chi connectivity index (χ4n) is 2.26. The molecule has 2 aromatic heterocycles. The molecule has 4 atom stereocenters. The molecule has 2 aromatic rings. The summed E-state index contributed by atoms with van der Waals surface area (Å²) in [4.78, 5) is 29.3. The smallest absolute Gasteiger partial charge is 0.311 e. The summed E-state index contributed by atoms with van der Waals surface area (Å²) in [6.45, 7) is -0.526. The molecule has 0 aliphatic carbocycles. The van der Waals surface area contributed by atoms with Gasteiger partial charge in [-0.25, -0.2) is 0 Å². The molecule has 12 heteroatoms. The number of aliphatic hydroxyl groups is 3. The number of aromatic amines is 1. The Kier molecular flexibility index (Phi) is 4.32. The maximum atomic E-state index is 12.0. The fourth-order valence-corrected chi connectivity index (χ4v) is 3.11. The summed E-state index contributed by atoms with van der Waals surface area (Å²) in [6.07, 6.45) is -5.10. The molecule has 0 bridgehead atoms. The molecular formula is C10H14N4O7S. The Hall–Kier alpha value is -1.83. The summed E-state index contributed by atoms with van der Waals surface area (Å²) < 4.78 is 6.26. The van der Waals surface area contributed by atoms with Gasteiger partial charge in [0.15, 0.2) is 11.9 Å². The van der Waals surface area contributed by atoms with Crippen molar-refractivity contribution in [3.63, 3.8) is 0 Å². The standard InChI is InChI=1S/C10H12N4O6S.H2O/c11-9-12-6-5(7(18)13-9)21-10(19)14(6)8-4(17)3(16)2(1-15)20-8;/h2-4,8,15-17H,1H2,(H3,11,12,13,18);1H2/t2-,3-,4-,8-;/m1./s1. The second kappa shape index (κ2) is 5.75. The topological polar surface area (TPSA) is 195 Å². The van der Waals surface area contributed by atoms with Crippen LogP contribution in [0.4, 0.5) is 5.95 Å². The van der Waals surface area contributed by atoms with E-state index in [0.717, 1.165) is 4.57 Å². The van der Waals surface area contributed by atoms with Gasteiger partial charge >= 0.3 is 4.87 Å². The predicted octanol–water partition coefficient (Wildman–Crippen LogP) is -3.48. The average molecular weight is 334 g/mol. The number of rotatable bonds is 2. The Bertz CT molecular complexity index is 799. The second-order valence-corrected chi connectivity index (χ2v) is 5.53. The Balaban J connectivity index is 0.00000176. The summed E-state index contributed by atoms with van der Waals surface area (Å²) in [5.41, 5.74) is 4.83. The van der Waals surface area contributed by atoms with E-state index >= 15 is 0 Å². The van der Waals surface area contributed by atoms with Gasteiger partial charge < -0.3 is 31.3 Å². The first kappa shape index (κ1) is 16.5. The molecule has 8 N–H and O–H groups in total. The van der Waals surface area contributed by atoms with E-state index in [0.29, 0.717) is 11.3 Å². The molecule has 0 radical (unpaired) electrons. The Morgan fingerprint density at radius 2 is 2.05 bits per heavy atom. The summed E-state index contributed by atoms with van der Waals surface area (Å²) in [5, 5.41) is 28.8. The zero-order valence-electron chi connectivity index (χ0n) is 11.0.